The second kappa shape index (κ2) is 56.2. The van der Waals surface area contributed by atoms with E-state index >= 15 is 0 Å². The summed E-state index contributed by atoms with van der Waals surface area (Å²) in [5, 5.41) is 202. The SMILES string of the molecule is CC(C)[C@H](NC(=O)CCCCCN1C(=O)CC(SC[C@@H](NC(=O)[C@H](CCC(=O)NC[C@H](O)[C@@H](O)[C@H](O)[C@H](O)CO)NC(=O)[C@@H](CCC(=O)O)NC(=O)[C@H](CCC(=O)NC[C@H](O)[C@@H](O)[C@H](O)[C@H](O)CO)NC(=O)[C@@H](CCC(=O)O)NC(=O)[C@@H](N)CCC(=O)NC[C@H](O)[C@@H](O)[C@H](O)[C@H](O)CO)C(=O)O)C1=O)C(=O)N[C@@H](C)C(=O)Nc1ccc(CCC=O)cc1. The van der Waals surface area contributed by atoms with Crippen LogP contribution in [-0.2, 0) is 87.9 Å². The van der Waals surface area contributed by atoms with Crippen molar-refractivity contribution in [2.75, 3.05) is 57.1 Å². The summed E-state index contributed by atoms with van der Waals surface area (Å²) in [5.74, 6) is -19.8. The van der Waals surface area contributed by atoms with Gasteiger partial charge in [-0.15, -0.1) is 11.8 Å². The summed E-state index contributed by atoms with van der Waals surface area (Å²) in [5.41, 5.74) is 7.31. The first-order valence-corrected chi connectivity index (χ1v) is 40.0. The van der Waals surface area contributed by atoms with Crippen LogP contribution < -0.4 is 64.2 Å². The van der Waals surface area contributed by atoms with E-state index in [9.17, 15) is 168 Å². The van der Waals surface area contributed by atoms with Crippen molar-refractivity contribution in [3.05, 3.63) is 29.8 Å². The van der Waals surface area contributed by atoms with Gasteiger partial charge in [0.25, 0.3) is 0 Å². The molecule has 1 heterocycles. The van der Waals surface area contributed by atoms with Gasteiger partial charge in [-0.3, -0.25) is 76.8 Å². The number of anilines is 1. The van der Waals surface area contributed by atoms with Gasteiger partial charge in [-0.2, -0.15) is 0 Å². The molecule has 0 bridgehead atoms. The average molecular weight is 1770 g/mol. The second-order valence-electron chi connectivity index (χ2n) is 29.2. The van der Waals surface area contributed by atoms with Crippen LogP contribution in [-0.4, -0.2) is 376 Å². The molecule has 1 aliphatic heterocycles. The first-order valence-electron chi connectivity index (χ1n) is 39.0. The van der Waals surface area contributed by atoms with Gasteiger partial charge in [0, 0.05) is 89.0 Å². The lowest BCUT2D eigenvalue weighted by Crippen LogP contribution is -2.59. The van der Waals surface area contributed by atoms with E-state index in [1.54, 1.807) is 38.1 Å². The molecule has 1 saturated heterocycles. The van der Waals surface area contributed by atoms with E-state index in [1.165, 1.54) is 6.92 Å². The minimum Gasteiger partial charge on any atom is -0.481 e. The molecule has 0 aromatic heterocycles. The van der Waals surface area contributed by atoms with Gasteiger partial charge in [0.2, 0.25) is 76.8 Å². The highest BCUT2D eigenvalue weighted by molar-refractivity contribution is 8.00. The summed E-state index contributed by atoms with van der Waals surface area (Å²) in [6, 6.07) is -7.59. The maximum absolute atomic E-state index is 14.6. The van der Waals surface area contributed by atoms with Crippen LogP contribution in [0.2, 0.25) is 0 Å². The summed E-state index contributed by atoms with van der Waals surface area (Å²) in [4.78, 5) is 225. The number of likely N-dealkylation sites (tertiary alicyclic amines) is 1. The zero-order valence-electron chi connectivity index (χ0n) is 67.2. The number of nitrogens with two attached hydrogens (primary N) is 1. The second-order valence-corrected chi connectivity index (χ2v) is 30.4. The van der Waals surface area contributed by atoms with Gasteiger partial charge in [-0.05, 0) is 81.9 Å². The molecule has 0 radical (unpaired) electrons. The van der Waals surface area contributed by atoms with Crippen molar-refractivity contribution < 1.29 is 173 Å². The van der Waals surface area contributed by atoms with Crippen LogP contribution in [0.5, 0.6) is 0 Å². The number of amides is 13. The Morgan fingerprint density at radius 3 is 1.23 bits per heavy atom. The number of aryl methyl sites for hydroxylation is 1. The minimum absolute atomic E-state index is 0.105. The monoisotopic (exact) mass is 1770 g/mol. The van der Waals surface area contributed by atoms with Crippen LogP contribution in [0.4, 0.5) is 5.69 Å². The van der Waals surface area contributed by atoms with Crippen LogP contribution in [0, 0.1) is 5.92 Å². The largest absolute Gasteiger partial charge is 0.481 e. The molecule has 2 rings (SSSR count). The zero-order valence-corrected chi connectivity index (χ0v) is 68.0. The number of thioether (sulfide) groups is 1. The molecule has 1 aromatic rings. The topological polar surface area (TPSA) is 816 Å². The molecular formula is C73H117N13O35S. The van der Waals surface area contributed by atoms with Gasteiger partial charge in [-0.25, -0.2) is 4.79 Å². The standard InChI is InChI=1S/C73H117N13O35S/c1-34(2)58(71(118)78-35(3)65(112)79-37-12-10-36(11-13-37)8-7-25-87)85-54(100)9-5-4-6-24-86-55(101)26-50(72(86)119)122-33-43(73(120)121)84-70(117)40(16-21-53(99)77-29-46(93)61(108)64(111)49(96)32-90)82-69(116)42(18-23-57(104)105)83-67(114)39(15-20-52(98)76-28-45(92)60(107)63(110)48(95)31-89)81-68(115)41(17-22-56(102)103)80-66(113)38(74)14-19-51(97)75-27-44(91)59(106)62(109)47(94)30-88/h10-13,25,34-35,38-50,58-64,88-96,106-111H,4-9,14-24,26-33,74H2,1-3H3,(H,75,97)(H,76,98)(H,77,99)(H,78,118)(H,79,112)(H,80,113)(H,81,115)(H,82,116)(H,83,114)(H,84,117)(H,85,100)(H,102,103)(H,104,105)(H,120,121)/t35-,38-,39-,40-,41+,42+,43+,44-,45-,46-,47+,48+,49+,50?,58-,59+,60+,61+,62+,63+,64+/m0/s1. The number of benzene rings is 1. The van der Waals surface area contributed by atoms with Crippen LogP contribution in [0.3, 0.4) is 0 Å². The predicted molar refractivity (Wildman–Crippen MR) is 419 cm³/mol. The Labute approximate surface area is 702 Å². The number of rotatable bonds is 62. The molecular weight excluding hydrogens is 1650 g/mol. The van der Waals surface area contributed by atoms with Crippen LogP contribution in [0.15, 0.2) is 24.3 Å². The predicted octanol–water partition coefficient (Wildman–Crippen LogP) is -12.6. The molecule has 13 amide bonds. The van der Waals surface area contributed by atoms with Crippen molar-refractivity contribution in [2.24, 2.45) is 11.7 Å². The zero-order chi connectivity index (χ0) is 92.4. The Morgan fingerprint density at radius 2 is 0.844 bits per heavy atom. The van der Waals surface area contributed by atoms with Crippen molar-refractivity contribution in [3.63, 3.8) is 0 Å². The lowest BCUT2D eigenvalue weighted by molar-refractivity contribution is -0.142. The number of aldehydes is 1. The van der Waals surface area contributed by atoms with E-state index in [0.717, 1.165) is 16.7 Å². The molecule has 1 aliphatic rings. The van der Waals surface area contributed by atoms with Gasteiger partial charge in [0.1, 0.15) is 104 Å². The summed E-state index contributed by atoms with van der Waals surface area (Å²) in [7, 11) is 0. The number of aliphatic hydroxyl groups excluding tert-OH is 15. The maximum Gasteiger partial charge on any atom is 0.327 e. The number of aliphatic hydroxyl groups is 15. The highest BCUT2D eigenvalue weighted by Crippen LogP contribution is 2.27. The van der Waals surface area contributed by atoms with E-state index < -0.39 is 343 Å². The molecule has 1 aromatic carbocycles. The minimum atomic E-state index is -2.21. The molecule has 0 spiro atoms. The summed E-state index contributed by atoms with van der Waals surface area (Å²) in [6.45, 7) is -1.14. The Kier molecular flexibility index (Phi) is 49.9. The van der Waals surface area contributed by atoms with Crippen molar-refractivity contribution in [2.45, 2.75) is 257 Å². The molecule has 0 saturated carbocycles. The van der Waals surface area contributed by atoms with E-state index in [4.69, 9.17) is 10.8 Å². The molecule has 21 atom stereocenters. The number of hydrogen-bond donors (Lipinski definition) is 30. The van der Waals surface area contributed by atoms with Crippen LogP contribution in [0.25, 0.3) is 0 Å². The fourth-order valence-corrected chi connectivity index (χ4v) is 12.6. The number of imide groups is 1. The molecule has 690 valence electrons. The lowest BCUT2D eigenvalue weighted by atomic mass is 10.0. The molecule has 122 heavy (non-hydrogen) atoms. The average Bonchev–Trinajstić information content (AvgIpc) is 1.69. The molecule has 48 nitrogen and oxygen atoms in total. The third kappa shape index (κ3) is 39.2. The van der Waals surface area contributed by atoms with E-state index in [1.807, 2.05) is 0 Å². The molecule has 0 aliphatic carbocycles. The number of aliphatic carboxylic acids is 3. The number of nitrogens with one attached hydrogen (secondary N) is 11. The Bertz CT molecular complexity index is 3610. The van der Waals surface area contributed by atoms with Gasteiger partial charge in [0.15, 0.2) is 0 Å². The van der Waals surface area contributed by atoms with Crippen LogP contribution >= 0.6 is 11.8 Å². The Balaban J connectivity index is 2.47. The number of nitrogens with zero attached hydrogens (tertiary/aromatic N) is 1. The molecule has 1 fully saturated rings. The highest BCUT2D eigenvalue weighted by Gasteiger charge is 2.42. The number of carbonyl (C=O) groups is 17. The van der Waals surface area contributed by atoms with Crippen LogP contribution in [0.1, 0.15) is 129 Å². The summed E-state index contributed by atoms with van der Waals surface area (Å²) in [6.07, 6.45) is -31.6. The number of unbranched alkanes of at least 4 members (excludes halogenated alkanes) is 2. The normalized spacial score (nSPS) is 17.7. The number of carboxylic acids is 3. The van der Waals surface area contributed by atoms with Gasteiger partial charge in [-0.1, -0.05) is 32.4 Å². The first-order chi connectivity index (χ1) is 57.3. The van der Waals surface area contributed by atoms with E-state index in [2.05, 4.69) is 58.5 Å². The van der Waals surface area contributed by atoms with E-state index in [0.29, 0.717) is 30.3 Å². The fourth-order valence-electron chi connectivity index (χ4n) is 11.4. The Hall–Kier alpha value is -9.68. The van der Waals surface area contributed by atoms with Crippen molar-refractivity contribution in [1.29, 1.82) is 0 Å². The number of hydrogen-bond acceptors (Lipinski definition) is 34. The smallest absolute Gasteiger partial charge is 0.327 e. The number of carbonyl (C=O) groups excluding carboxylic acids is 14. The Morgan fingerprint density at radius 1 is 0.459 bits per heavy atom. The van der Waals surface area contributed by atoms with Crippen molar-refractivity contribution >= 4 is 118 Å². The molecule has 1 unspecified atom stereocenters. The summed E-state index contributed by atoms with van der Waals surface area (Å²) >= 11 is 0.596. The maximum atomic E-state index is 14.6. The fraction of sp³-hybridized carbons (Fsp3) is 0.685. The van der Waals surface area contributed by atoms with E-state index in [-0.39, 0.29) is 32.2 Å². The third-order valence-corrected chi connectivity index (χ3v) is 20.3. The third-order valence-electron chi connectivity index (χ3n) is 19.0. The molecule has 49 heteroatoms. The quantitative estimate of drug-likeness (QED) is 0.0164. The number of carboxylic acid groups (broad SMARTS) is 3. The highest BCUT2D eigenvalue weighted by atomic mass is 32.2. The molecule has 31 N–H and O–H groups in total. The summed E-state index contributed by atoms with van der Waals surface area (Å²) < 4.78 is 0. The first kappa shape index (κ1) is 108. The lowest BCUT2D eigenvalue weighted by Gasteiger charge is -2.27. The van der Waals surface area contributed by atoms with Gasteiger partial charge in [0.05, 0.1) is 49.4 Å². The van der Waals surface area contributed by atoms with Gasteiger partial charge < -0.3 is 161 Å². The van der Waals surface area contributed by atoms with Crippen molar-refractivity contribution in [1.82, 2.24) is 58.1 Å². The van der Waals surface area contributed by atoms with Crippen molar-refractivity contribution in [3.8, 4) is 0 Å². The van der Waals surface area contributed by atoms with Gasteiger partial charge >= 0.3 is 17.9 Å².